The molecule has 1 saturated heterocycles. The highest BCUT2D eigenvalue weighted by Gasteiger charge is 2.31. The number of sulfonamides is 1. The summed E-state index contributed by atoms with van der Waals surface area (Å²) in [5, 5.41) is 2.84. The fourth-order valence-electron chi connectivity index (χ4n) is 2.29. The number of nitrogens with one attached hydrogen (secondary N) is 1. The van der Waals surface area contributed by atoms with Gasteiger partial charge in [-0.3, -0.25) is 0 Å². The summed E-state index contributed by atoms with van der Waals surface area (Å²) in [6.45, 7) is 2.34. The second-order valence-electron chi connectivity index (χ2n) is 5.11. The molecule has 0 amide bonds. The molecule has 1 aliphatic heterocycles. The Labute approximate surface area is 133 Å². The maximum Gasteiger partial charge on any atom is 0.246 e. The molecule has 0 bridgehead atoms. The van der Waals surface area contributed by atoms with Crippen LogP contribution in [0.15, 0.2) is 21.5 Å². The molecule has 0 saturated carbocycles. The van der Waals surface area contributed by atoms with Crippen LogP contribution in [0, 0.1) is 5.82 Å². The van der Waals surface area contributed by atoms with Crippen LogP contribution in [0.25, 0.3) is 0 Å². The molecule has 0 aromatic heterocycles. The van der Waals surface area contributed by atoms with Crippen LogP contribution in [0.5, 0.6) is 0 Å². The van der Waals surface area contributed by atoms with Gasteiger partial charge in [-0.25, -0.2) is 12.8 Å². The van der Waals surface area contributed by atoms with Crippen molar-refractivity contribution in [3.63, 3.8) is 0 Å². The van der Waals surface area contributed by atoms with Gasteiger partial charge in [-0.15, -0.1) is 0 Å². The molecular weight excluding hydrogens is 361 g/mol. The van der Waals surface area contributed by atoms with Gasteiger partial charge in [0.05, 0.1) is 0 Å². The Kier molecular flexibility index (Phi) is 5.37. The molecule has 1 N–H and O–H groups in total. The van der Waals surface area contributed by atoms with Gasteiger partial charge in [-0.2, -0.15) is 4.31 Å². The minimum atomic E-state index is -3.81. The monoisotopic (exact) mass is 379 g/mol. The van der Waals surface area contributed by atoms with Crippen molar-refractivity contribution in [1.29, 1.82) is 0 Å². The molecule has 0 unspecified atom stereocenters. The molecule has 1 fully saturated rings. The first-order valence-electron chi connectivity index (χ1n) is 6.67. The van der Waals surface area contributed by atoms with E-state index >= 15 is 0 Å². The van der Waals surface area contributed by atoms with Gasteiger partial charge in [-0.05, 0) is 26.2 Å². The normalized spacial score (nSPS) is 18.1. The molecule has 1 aliphatic rings. The van der Waals surface area contributed by atoms with Gasteiger partial charge < -0.3 is 10.2 Å². The molecule has 0 spiro atoms. The molecule has 0 radical (unpaired) electrons. The summed E-state index contributed by atoms with van der Waals surface area (Å²) in [5.74, 6) is -0.675. The summed E-state index contributed by atoms with van der Waals surface area (Å²) in [7, 11) is -0.177. The predicted octanol–water partition coefficient (Wildman–Crippen LogP) is 1.24. The third-order valence-corrected chi connectivity index (χ3v) is 5.88. The second-order valence-corrected chi connectivity index (χ2v) is 7.94. The van der Waals surface area contributed by atoms with Gasteiger partial charge in [-0.1, -0.05) is 15.9 Å². The van der Waals surface area contributed by atoms with Crippen LogP contribution < -0.4 is 5.32 Å². The highest BCUT2D eigenvalue weighted by molar-refractivity contribution is 9.10. The summed E-state index contributed by atoms with van der Waals surface area (Å²) < 4.78 is 41.7. The Bertz CT molecular complexity index is 616. The second kappa shape index (κ2) is 6.70. The molecule has 1 aromatic carbocycles. The van der Waals surface area contributed by atoms with Crippen LogP contribution in [-0.4, -0.2) is 57.9 Å². The van der Waals surface area contributed by atoms with Crippen LogP contribution >= 0.6 is 15.9 Å². The summed E-state index contributed by atoms with van der Waals surface area (Å²) in [6.07, 6.45) is 0. The third-order valence-electron chi connectivity index (χ3n) is 3.53. The lowest BCUT2D eigenvalue weighted by molar-refractivity contribution is 0.222. The quantitative estimate of drug-likeness (QED) is 0.854. The van der Waals surface area contributed by atoms with Crippen molar-refractivity contribution in [1.82, 2.24) is 14.5 Å². The highest BCUT2D eigenvalue weighted by Crippen LogP contribution is 2.27. The zero-order chi connectivity index (χ0) is 15.6. The van der Waals surface area contributed by atoms with Gasteiger partial charge in [0, 0.05) is 42.8 Å². The highest BCUT2D eigenvalue weighted by atomic mass is 79.9. The number of halogens is 2. The lowest BCUT2D eigenvalue weighted by atomic mass is 10.2. The first-order valence-corrected chi connectivity index (χ1v) is 8.90. The van der Waals surface area contributed by atoms with E-state index in [1.807, 2.05) is 7.05 Å². The zero-order valence-corrected chi connectivity index (χ0v) is 14.5. The summed E-state index contributed by atoms with van der Waals surface area (Å²) in [6, 6.07) is 2.93. The van der Waals surface area contributed by atoms with Crippen LogP contribution in [0.1, 0.15) is 5.56 Å². The average Bonchev–Trinajstić information content (AvgIpc) is 2.43. The van der Waals surface area contributed by atoms with Crippen LogP contribution in [0.4, 0.5) is 4.39 Å². The largest absolute Gasteiger partial charge is 0.316 e. The van der Waals surface area contributed by atoms with E-state index in [1.54, 1.807) is 13.1 Å². The lowest BCUT2D eigenvalue weighted by Gasteiger charge is -2.31. The number of hydrogen-bond acceptors (Lipinski definition) is 4. The van der Waals surface area contributed by atoms with Crippen LogP contribution in [0.2, 0.25) is 0 Å². The lowest BCUT2D eigenvalue weighted by Crippen LogP contribution is -2.47. The Balaban J connectivity index is 2.40. The average molecular weight is 380 g/mol. The topological polar surface area (TPSA) is 52.7 Å². The van der Waals surface area contributed by atoms with E-state index < -0.39 is 15.8 Å². The van der Waals surface area contributed by atoms with E-state index in [9.17, 15) is 12.8 Å². The van der Waals surface area contributed by atoms with Gasteiger partial charge in [0.15, 0.2) is 0 Å². The van der Waals surface area contributed by atoms with Gasteiger partial charge in [0.1, 0.15) is 10.7 Å². The molecule has 8 heteroatoms. The SMILES string of the molecule is CNCc1cc(Br)cc(S(=O)(=O)N2CCN(C)CC2)c1F. The molecule has 2 rings (SSSR count). The first-order chi connectivity index (χ1) is 9.86. The molecule has 5 nitrogen and oxygen atoms in total. The molecule has 118 valence electrons. The molecule has 0 atom stereocenters. The number of rotatable bonds is 4. The van der Waals surface area contributed by atoms with E-state index in [0.717, 1.165) is 0 Å². The summed E-state index contributed by atoms with van der Waals surface area (Å²) in [4.78, 5) is 1.79. The smallest absolute Gasteiger partial charge is 0.246 e. The molecule has 1 heterocycles. The Morgan fingerprint density at radius 2 is 1.90 bits per heavy atom. The van der Waals surface area contributed by atoms with E-state index in [-0.39, 0.29) is 11.4 Å². The number of likely N-dealkylation sites (N-methyl/N-ethyl adjacent to an activating group) is 1. The Morgan fingerprint density at radius 3 is 2.48 bits per heavy atom. The molecule has 21 heavy (non-hydrogen) atoms. The van der Waals surface area contributed by atoms with Crippen LogP contribution in [0.3, 0.4) is 0 Å². The van der Waals surface area contributed by atoms with Crippen molar-refractivity contribution in [2.24, 2.45) is 0 Å². The number of hydrogen-bond donors (Lipinski definition) is 1. The molecular formula is C13H19BrFN3O2S. The minimum Gasteiger partial charge on any atom is -0.316 e. The number of nitrogens with zero attached hydrogens (tertiary/aromatic N) is 2. The summed E-state index contributed by atoms with van der Waals surface area (Å²) in [5.41, 5.74) is 0.333. The molecule has 0 aliphatic carbocycles. The fraction of sp³-hybridized carbons (Fsp3) is 0.538. The van der Waals surface area contributed by atoms with E-state index in [2.05, 4.69) is 26.1 Å². The van der Waals surface area contributed by atoms with E-state index in [1.165, 1.54) is 10.4 Å². The van der Waals surface area contributed by atoms with Gasteiger partial charge in [0.25, 0.3) is 0 Å². The maximum absolute atomic E-state index is 14.5. The zero-order valence-electron chi connectivity index (χ0n) is 12.1. The Morgan fingerprint density at radius 1 is 1.29 bits per heavy atom. The van der Waals surface area contributed by atoms with Crippen molar-refractivity contribution in [3.05, 3.63) is 28.0 Å². The van der Waals surface area contributed by atoms with E-state index in [0.29, 0.717) is 36.2 Å². The first kappa shape index (κ1) is 16.8. The van der Waals surface area contributed by atoms with Crippen molar-refractivity contribution in [2.75, 3.05) is 40.3 Å². The van der Waals surface area contributed by atoms with Gasteiger partial charge in [0.2, 0.25) is 10.0 Å². The van der Waals surface area contributed by atoms with Crippen LogP contribution in [-0.2, 0) is 16.6 Å². The molecule has 1 aromatic rings. The number of benzene rings is 1. The van der Waals surface area contributed by atoms with Crippen molar-refractivity contribution in [2.45, 2.75) is 11.4 Å². The third kappa shape index (κ3) is 3.62. The standard InChI is InChI=1S/C13H19BrFN3O2S/c1-16-9-10-7-11(14)8-12(13(10)15)21(19,20)18-5-3-17(2)4-6-18/h7-8,16H,3-6,9H2,1-2H3. The van der Waals surface area contributed by atoms with Crippen molar-refractivity contribution < 1.29 is 12.8 Å². The van der Waals surface area contributed by atoms with Crippen molar-refractivity contribution in [3.8, 4) is 0 Å². The summed E-state index contributed by atoms with van der Waals surface area (Å²) >= 11 is 3.26. The number of piperazine rings is 1. The van der Waals surface area contributed by atoms with Gasteiger partial charge >= 0.3 is 0 Å². The fourth-order valence-corrected chi connectivity index (χ4v) is 4.51. The predicted molar refractivity (Wildman–Crippen MR) is 83.1 cm³/mol. The van der Waals surface area contributed by atoms with E-state index in [4.69, 9.17) is 0 Å². The minimum absolute atomic E-state index is 0.258. The van der Waals surface area contributed by atoms with Crippen molar-refractivity contribution >= 4 is 26.0 Å². The maximum atomic E-state index is 14.5. The Hall–Kier alpha value is -0.540.